The summed E-state index contributed by atoms with van der Waals surface area (Å²) in [5.41, 5.74) is 0.307. The van der Waals surface area contributed by atoms with Crippen LogP contribution in [0.4, 0.5) is 14.5 Å². The van der Waals surface area contributed by atoms with E-state index in [1.165, 1.54) is 18.5 Å². The second-order valence-corrected chi connectivity index (χ2v) is 5.90. The third-order valence-electron chi connectivity index (χ3n) is 4.38. The second kappa shape index (κ2) is 6.21. The highest BCUT2D eigenvalue weighted by atomic mass is 19.1. The average Bonchev–Trinajstić information content (AvgIpc) is 3.07. The van der Waals surface area contributed by atoms with Crippen LogP contribution in [0, 0.1) is 11.6 Å². The molecular formula is C16H14F2N6O2. The molecule has 4 rings (SSSR count). The van der Waals surface area contributed by atoms with E-state index in [9.17, 15) is 18.4 Å². The van der Waals surface area contributed by atoms with Crippen molar-refractivity contribution in [3.63, 3.8) is 0 Å². The van der Waals surface area contributed by atoms with Gasteiger partial charge in [0.1, 0.15) is 22.8 Å². The van der Waals surface area contributed by atoms with Gasteiger partial charge < -0.3 is 14.8 Å². The zero-order valence-corrected chi connectivity index (χ0v) is 13.5. The second-order valence-electron chi connectivity index (χ2n) is 5.90. The molecule has 3 aromatic rings. The van der Waals surface area contributed by atoms with E-state index < -0.39 is 17.2 Å². The first kappa shape index (κ1) is 16.2. The number of fused-ring (bicyclic) bond motifs is 1. The Morgan fingerprint density at radius 2 is 1.88 bits per heavy atom. The van der Waals surface area contributed by atoms with Crippen molar-refractivity contribution in [2.45, 2.75) is 0 Å². The summed E-state index contributed by atoms with van der Waals surface area (Å²) in [5.74, 6) is -1.59. The molecule has 1 fully saturated rings. The zero-order valence-electron chi connectivity index (χ0n) is 13.5. The first-order valence-electron chi connectivity index (χ1n) is 7.95. The van der Waals surface area contributed by atoms with Crippen LogP contribution >= 0.6 is 0 Å². The van der Waals surface area contributed by atoms with Crippen LogP contribution in [0.15, 0.2) is 29.3 Å². The van der Waals surface area contributed by atoms with Gasteiger partial charge in [-0.3, -0.25) is 14.7 Å². The van der Waals surface area contributed by atoms with E-state index in [4.69, 9.17) is 0 Å². The van der Waals surface area contributed by atoms with E-state index in [1.54, 1.807) is 9.80 Å². The lowest BCUT2D eigenvalue weighted by Crippen LogP contribution is -2.49. The first-order valence-corrected chi connectivity index (χ1v) is 7.95. The van der Waals surface area contributed by atoms with Crippen LogP contribution in [0.2, 0.25) is 0 Å². The number of halogens is 2. The molecule has 1 saturated heterocycles. The van der Waals surface area contributed by atoms with Crippen LogP contribution in [-0.4, -0.2) is 57.2 Å². The Bertz CT molecular complexity index is 1040. The molecule has 1 aromatic carbocycles. The van der Waals surface area contributed by atoms with Gasteiger partial charge in [-0.15, -0.1) is 0 Å². The Hall–Kier alpha value is -3.30. The van der Waals surface area contributed by atoms with E-state index in [1.807, 2.05) is 0 Å². The number of aromatic amines is 2. The lowest BCUT2D eigenvalue weighted by atomic mass is 10.2. The molecule has 0 spiro atoms. The fraction of sp³-hybridized carbons (Fsp3) is 0.250. The van der Waals surface area contributed by atoms with Gasteiger partial charge in [0.25, 0.3) is 11.5 Å². The maximum atomic E-state index is 13.9. The number of carbonyl (C=O) groups excluding carboxylic acids is 1. The summed E-state index contributed by atoms with van der Waals surface area (Å²) in [5, 5.41) is 6.41. The molecule has 0 saturated carbocycles. The number of nitrogens with one attached hydrogen (secondary N) is 2. The molecule has 26 heavy (non-hydrogen) atoms. The van der Waals surface area contributed by atoms with Crippen molar-refractivity contribution in [1.29, 1.82) is 0 Å². The van der Waals surface area contributed by atoms with Gasteiger partial charge >= 0.3 is 0 Å². The molecule has 8 nitrogen and oxygen atoms in total. The zero-order chi connectivity index (χ0) is 18.3. The van der Waals surface area contributed by atoms with Gasteiger partial charge in [0.15, 0.2) is 5.52 Å². The Balaban J connectivity index is 1.51. The summed E-state index contributed by atoms with van der Waals surface area (Å²) in [4.78, 5) is 34.1. The number of H-pyrrole nitrogens is 2. The number of hydrogen-bond donors (Lipinski definition) is 2. The predicted octanol–water partition coefficient (Wildman–Crippen LogP) is 0.887. The summed E-state index contributed by atoms with van der Waals surface area (Å²) < 4.78 is 27.0. The molecule has 3 heterocycles. The molecule has 2 N–H and O–H groups in total. The average molecular weight is 360 g/mol. The van der Waals surface area contributed by atoms with Crippen LogP contribution in [0.1, 0.15) is 10.5 Å². The maximum absolute atomic E-state index is 13.9. The number of piperazine rings is 1. The lowest BCUT2D eigenvalue weighted by Gasteiger charge is -2.36. The van der Waals surface area contributed by atoms with Gasteiger partial charge in [-0.1, -0.05) is 0 Å². The SMILES string of the molecule is O=C(c1[nH]nc2c(=O)[nH]cnc12)N1CCN(c2ccc(F)cc2F)CC1. The Morgan fingerprint density at radius 3 is 2.62 bits per heavy atom. The van der Waals surface area contributed by atoms with Gasteiger partial charge in [-0.25, -0.2) is 13.8 Å². The minimum absolute atomic E-state index is 0.0721. The topological polar surface area (TPSA) is 98.0 Å². The van der Waals surface area contributed by atoms with Crippen molar-refractivity contribution in [3.8, 4) is 0 Å². The van der Waals surface area contributed by atoms with Crippen molar-refractivity contribution >= 4 is 22.6 Å². The molecule has 1 amide bonds. The van der Waals surface area contributed by atoms with Gasteiger partial charge in [0, 0.05) is 32.2 Å². The standard InChI is InChI=1S/C16H14F2N6O2/c17-9-1-2-11(10(18)7-9)23-3-5-24(6-4-23)16(26)14-12-13(21-22-14)15(25)20-8-19-12/h1-2,7-8H,3-6H2,(H,21,22)(H,19,20,25). The van der Waals surface area contributed by atoms with Crippen LogP contribution in [0.25, 0.3) is 11.0 Å². The van der Waals surface area contributed by atoms with Gasteiger partial charge in [0.05, 0.1) is 12.0 Å². The molecule has 0 atom stereocenters. The minimum Gasteiger partial charge on any atom is -0.366 e. The van der Waals surface area contributed by atoms with Crippen molar-refractivity contribution in [1.82, 2.24) is 25.1 Å². The van der Waals surface area contributed by atoms with Gasteiger partial charge in [0.2, 0.25) is 0 Å². The summed E-state index contributed by atoms with van der Waals surface area (Å²) >= 11 is 0. The van der Waals surface area contributed by atoms with Crippen LogP contribution < -0.4 is 10.5 Å². The Labute approximate surface area is 145 Å². The number of amides is 1. The molecule has 1 aliphatic rings. The number of hydrogen-bond acceptors (Lipinski definition) is 5. The highest BCUT2D eigenvalue weighted by Crippen LogP contribution is 2.22. The summed E-state index contributed by atoms with van der Waals surface area (Å²) in [6.07, 6.45) is 1.21. The Morgan fingerprint density at radius 1 is 1.12 bits per heavy atom. The smallest absolute Gasteiger partial charge is 0.279 e. The molecule has 0 radical (unpaired) electrons. The minimum atomic E-state index is -0.632. The highest BCUT2D eigenvalue weighted by molar-refractivity contribution is 6.02. The molecule has 1 aliphatic heterocycles. The fourth-order valence-electron chi connectivity index (χ4n) is 3.04. The van der Waals surface area contributed by atoms with E-state index in [-0.39, 0.29) is 22.6 Å². The van der Waals surface area contributed by atoms with E-state index in [0.29, 0.717) is 31.9 Å². The van der Waals surface area contributed by atoms with Crippen molar-refractivity contribution in [3.05, 3.63) is 52.2 Å². The molecule has 10 heteroatoms. The number of rotatable bonds is 2. The predicted molar refractivity (Wildman–Crippen MR) is 89.0 cm³/mol. The molecule has 0 bridgehead atoms. The molecule has 0 aliphatic carbocycles. The quantitative estimate of drug-likeness (QED) is 0.707. The molecule has 2 aromatic heterocycles. The number of carbonyl (C=O) groups is 1. The van der Waals surface area contributed by atoms with Crippen LogP contribution in [-0.2, 0) is 0 Å². The normalized spacial score (nSPS) is 14.8. The third-order valence-corrected chi connectivity index (χ3v) is 4.38. The summed E-state index contributed by atoms with van der Waals surface area (Å²) in [6.45, 7) is 1.49. The number of anilines is 1. The molecule has 0 unspecified atom stereocenters. The summed E-state index contributed by atoms with van der Waals surface area (Å²) in [6, 6.07) is 3.43. The summed E-state index contributed by atoms with van der Waals surface area (Å²) in [7, 11) is 0. The van der Waals surface area contributed by atoms with E-state index in [2.05, 4.69) is 20.2 Å². The van der Waals surface area contributed by atoms with Gasteiger partial charge in [-0.2, -0.15) is 5.10 Å². The van der Waals surface area contributed by atoms with Gasteiger partial charge in [-0.05, 0) is 12.1 Å². The van der Waals surface area contributed by atoms with E-state index in [0.717, 1.165) is 6.07 Å². The molecular weight excluding hydrogens is 346 g/mol. The Kier molecular flexibility index (Phi) is 3.86. The number of aromatic nitrogens is 4. The number of benzene rings is 1. The maximum Gasteiger partial charge on any atom is 0.279 e. The first-order chi connectivity index (χ1) is 12.5. The number of nitrogens with zero attached hydrogens (tertiary/aromatic N) is 4. The fourth-order valence-corrected chi connectivity index (χ4v) is 3.04. The monoisotopic (exact) mass is 360 g/mol. The lowest BCUT2D eigenvalue weighted by molar-refractivity contribution is 0.0742. The van der Waals surface area contributed by atoms with Crippen LogP contribution in [0.5, 0.6) is 0 Å². The van der Waals surface area contributed by atoms with Crippen molar-refractivity contribution in [2.75, 3.05) is 31.1 Å². The highest BCUT2D eigenvalue weighted by Gasteiger charge is 2.27. The van der Waals surface area contributed by atoms with E-state index >= 15 is 0 Å². The van der Waals surface area contributed by atoms with Crippen LogP contribution in [0.3, 0.4) is 0 Å². The molecule has 134 valence electrons. The van der Waals surface area contributed by atoms with Crippen molar-refractivity contribution < 1.29 is 13.6 Å². The largest absolute Gasteiger partial charge is 0.366 e. The third kappa shape index (κ3) is 2.68. The van der Waals surface area contributed by atoms with Crippen molar-refractivity contribution in [2.24, 2.45) is 0 Å².